The highest BCUT2D eigenvalue weighted by Gasteiger charge is 2.33. The van der Waals surface area contributed by atoms with E-state index in [1.54, 1.807) is 36.5 Å². The van der Waals surface area contributed by atoms with Gasteiger partial charge in [0, 0.05) is 48.7 Å². The molecule has 0 amide bonds. The molecule has 0 bridgehead atoms. The summed E-state index contributed by atoms with van der Waals surface area (Å²) in [5.41, 5.74) is 1.21. The van der Waals surface area contributed by atoms with E-state index >= 15 is 0 Å². The summed E-state index contributed by atoms with van der Waals surface area (Å²) in [5, 5.41) is 8.45. The normalized spacial score (nSPS) is 15.6. The first-order chi connectivity index (χ1) is 15.9. The molecule has 0 spiro atoms. The van der Waals surface area contributed by atoms with Crippen molar-refractivity contribution in [3.05, 3.63) is 87.4 Å². The Labute approximate surface area is 194 Å². The van der Waals surface area contributed by atoms with Gasteiger partial charge >= 0.3 is 0 Å². The number of hydrogen-bond acceptors (Lipinski definition) is 6. The molecule has 0 radical (unpaired) electrons. The van der Waals surface area contributed by atoms with Crippen molar-refractivity contribution in [1.82, 2.24) is 20.2 Å². The standard InChI is InChI=1S/C23H20ClFN5O2P/c24-23-26-8-7-21(27-23)30-9-11-33(32,12-10-30)20-14-15(5-6-18(20)25)13-19-16-3-1-2-4-17(16)22(31)29-28-19/h1-8,14H,9-13H2,(H,29,31). The van der Waals surface area contributed by atoms with Crippen LogP contribution in [0.3, 0.4) is 0 Å². The Morgan fingerprint density at radius 2 is 1.85 bits per heavy atom. The van der Waals surface area contributed by atoms with Crippen LogP contribution in [0.1, 0.15) is 11.3 Å². The van der Waals surface area contributed by atoms with Gasteiger partial charge in [0.1, 0.15) is 18.8 Å². The van der Waals surface area contributed by atoms with E-state index in [4.69, 9.17) is 11.6 Å². The molecule has 0 unspecified atom stereocenters. The summed E-state index contributed by atoms with van der Waals surface area (Å²) in [6.45, 7) is 0.973. The highest BCUT2D eigenvalue weighted by atomic mass is 35.5. The van der Waals surface area contributed by atoms with Gasteiger partial charge in [0.15, 0.2) is 0 Å². The number of H-pyrrole nitrogens is 1. The van der Waals surface area contributed by atoms with Gasteiger partial charge in [0.05, 0.1) is 11.1 Å². The van der Waals surface area contributed by atoms with Crippen molar-refractivity contribution in [3.63, 3.8) is 0 Å². The predicted molar refractivity (Wildman–Crippen MR) is 128 cm³/mol. The fourth-order valence-corrected chi connectivity index (χ4v) is 7.08. The van der Waals surface area contributed by atoms with E-state index in [2.05, 4.69) is 20.2 Å². The maximum atomic E-state index is 14.8. The van der Waals surface area contributed by atoms with Crippen LogP contribution in [-0.4, -0.2) is 45.6 Å². The third-order valence-electron chi connectivity index (χ3n) is 5.99. The van der Waals surface area contributed by atoms with Crippen molar-refractivity contribution >= 4 is 40.6 Å². The van der Waals surface area contributed by atoms with E-state index in [1.807, 2.05) is 17.0 Å². The zero-order valence-corrected chi connectivity index (χ0v) is 19.2. The van der Waals surface area contributed by atoms with Gasteiger partial charge in [-0.25, -0.2) is 19.5 Å². The number of aromatic amines is 1. The molecule has 7 nitrogen and oxygen atoms in total. The first-order valence-corrected chi connectivity index (χ1v) is 13.0. The van der Waals surface area contributed by atoms with Crippen LogP contribution in [0.5, 0.6) is 0 Å². The highest BCUT2D eigenvalue weighted by Crippen LogP contribution is 2.47. The number of hydrogen-bond donors (Lipinski definition) is 1. The Bertz CT molecular complexity index is 1450. The summed E-state index contributed by atoms with van der Waals surface area (Å²) in [6.07, 6.45) is 2.65. The van der Waals surface area contributed by atoms with Crippen LogP contribution in [-0.2, 0) is 11.0 Å². The van der Waals surface area contributed by atoms with Gasteiger partial charge < -0.3 is 9.46 Å². The molecule has 1 aliphatic heterocycles. The fraction of sp³-hybridized carbons (Fsp3) is 0.217. The molecule has 5 rings (SSSR count). The SMILES string of the molecule is O=c1[nH]nc(Cc2ccc(F)c(P3(=O)CCN(c4ccnc(Cl)n4)CC3)c2)c2ccccc12. The van der Waals surface area contributed by atoms with E-state index in [0.29, 0.717) is 48.7 Å². The van der Waals surface area contributed by atoms with Crippen molar-refractivity contribution in [1.29, 1.82) is 0 Å². The molecule has 33 heavy (non-hydrogen) atoms. The molecule has 1 N–H and O–H groups in total. The van der Waals surface area contributed by atoms with Gasteiger partial charge in [-0.3, -0.25) is 4.79 Å². The maximum Gasteiger partial charge on any atom is 0.272 e. The van der Waals surface area contributed by atoms with Gasteiger partial charge in [0.25, 0.3) is 5.56 Å². The molecule has 1 saturated heterocycles. The topological polar surface area (TPSA) is 91.8 Å². The third-order valence-corrected chi connectivity index (χ3v) is 9.24. The Hall–Kier alpha value is -3.09. The lowest BCUT2D eigenvalue weighted by atomic mass is 10.0. The van der Waals surface area contributed by atoms with Crippen molar-refractivity contribution in [2.24, 2.45) is 0 Å². The zero-order valence-electron chi connectivity index (χ0n) is 17.5. The summed E-state index contributed by atoms with van der Waals surface area (Å²) < 4.78 is 28.6. The van der Waals surface area contributed by atoms with Gasteiger partial charge in [-0.1, -0.05) is 24.3 Å². The van der Waals surface area contributed by atoms with Gasteiger partial charge in [-0.2, -0.15) is 5.10 Å². The minimum absolute atomic E-state index is 0.156. The van der Waals surface area contributed by atoms with Crippen LogP contribution in [0.15, 0.2) is 59.5 Å². The molecule has 1 fully saturated rings. The Morgan fingerprint density at radius 3 is 2.61 bits per heavy atom. The smallest absolute Gasteiger partial charge is 0.272 e. The number of anilines is 1. The second-order valence-electron chi connectivity index (χ2n) is 8.02. The first-order valence-electron chi connectivity index (χ1n) is 10.5. The van der Waals surface area contributed by atoms with E-state index in [0.717, 1.165) is 10.9 Å². The molecule has 1 aliphatic rings. The number of nitrogens with zero attached hydrogens (tertiary/aromatic N) is 4. The van der Waals surface area contributed by atoms with Crippen LogP contribution in [0.25, 0.3) is 10.8 Å². The van der Waals surface area contributed by atoms with Gasteiger partial charge in [0.2, 0.25) is 5.28 Å². The summed E-state index contributed by atoms with van der Waals surface area (Å²) in [7, 11) is -2.93. The fourth-order valence-electron chi connectivity index (χ4n) is 4.24. The lowest BCUT2D eigenvalue weighted by Gasteiger charge is -2.33. The first kappa shape index (κ1) is 21.7. The Balaban J connectivity index is 1.41. The Morgan fingerprint density at radius 1 is 1.09 bits per heavy atom. The van der Waals surface area contributed by atoms with E-state index in [9.17, 15) is 13.8 Å². The molecule has 168 valence electrons. The molecule has 0 atom stereocenters. The molecular weight excluding hydrogens is 464 g/mol. The molecular formula is C23H20ClFN5O2P. The predicted octanol–water partition coefficient (Wildman–Crippen LogP) is 3.61. The highest BCUT2D eigenvalue weighted by molar-refractivity contribution is 7.71. The van der Waals surface area contributed by atoms with Crippen molar-refractivity contribution in [2.75, 3.05) is 30.3 Å². The van der Waals surface area contributed by atoms with Crippen LogP contribution in [0, 0.1) is 5.82 Å². The number of rotatable bonds is 4. The number of aromatic nitrogens is 4. The molecule has 0 saturated carbocycles. The van der Waals surface area contributed by atoms with Gasteiger partial charge in [-0.05, 0) is 41.4 Å². The van der Waals surface area contributed by atoms with E-state index in [1.165, 1.54) is 6.07 Å². The zero-order chi connectivity index (χ0) is 23.0. The summed E-state index contributed by atoms with van der Waals surface area (Å²) in [4.78, 5) is 22.1. The number of fused-ring (bicyclic) bond motifs is 1. The number of halogens is 2. The van der Waals surface area contributed by atoms with Crippen LogP contribution in [0.4, 0.5) is 10.2 Å². The van der Waals surface area contributed by atoms with Crippen molar-refractivity contribution < 1.29 is 8.96 Å². The van der Waals surface area contributed by atoms with Crippen molar-refractivity contribution in [2.45, 2.75) is 6.42 Å². The summed E-state index contributed by atoms with van der Waals surface area (Å²) in [5.74, 6) is 0.214. The second-order valence-corrected chi connectivity index (χ2v) is 11.5. The van der Waals surface area contributed by atoms with Crippen LogP contribution in [0.2, 0.25) is 5.28 Å². The molecule has 2 aromatic carbocycles. The van der Waals surface area contributed by atoms with E-state index in [-0.39, 0.29) is 16.1 Å². The third kappa shape index (κ3) is 4.28. The van der Waals surface area contributed by atoms with E-state index < -0.39 is 13.0 Å². The molecule has 10 heteroatoms. The molecule has 2 aromatic heterocycles. The molecule has 4 aromatic rings. The second kappa shape index (κ2) is 8.69. The Kier molecular flexibility index (Phi) is 5.72. The number of nitrogens with one attached hydrogen (secondary N) is 1. The lowest BCUT2D eigenvalue weighted by Crippen LogP contribution is -2.38. The average Bonchev–Trinajstić information content (AvgIpc) is 2.82. The molecule has 3 heterocycles. The number of benzene rings is 2. The van der Waals surface area contributed by atoms with Crippen LogP contribution < -0.4 is 15.8 Å². The summed E-state index contributed by atoms with van der Waals surface area (Å²) >= 11 is 5.89. The minimum atomic E-state index is -2.93. The largest absolute Gasteiger partial charge is 0.356 e. The summed E-state index contributed by atoms with van der Waals surface area (Å²) in [6, 6.07) is 13.7. The quantitative estimate of drug-likeness (QED) is 0.352. The maximum absolute atomic E-state index is 14.8. The average molecular weight is 484 g/mol. The van der Waals surface area contributed by atoms with Crippen LogP contribution >= 0.6 is 18.7 Å². The van der Waals surface area contributed by atoms with Gasteiger partial charge in [-0.15, -0.1) is 0 Å². The van der Waals surface area contributed by atoms with Crippen molar-refractivity contribution in [3.8, 4) is 0 Å². The lowest BCUT2D eigenvalue weighted by molar-refractivity contribution is 0.571. The molecule has 0 aliphatic carbocycles. The monoisotopic (exact) mass is 483 g/mol. The minimum Gasteiger partial charge on any atom is -0.356 e.